The van der Waals surface area contributed by atoms with Gasteiger partial charge in [-0.05, 0) is 25.7 Å². The van der Waals surface area contributed by atoms with Gasteiger partial charge in [0.1, 0.15) is 0 Å². The smallest absolute Gasteiger partial charge is 0.225 e. The fourth-order valence-corrected chi connectivity index (χ4v) is 4.09. The summed E-state index contributed by atoms with van der Waals surface area (Å²) in [5.41, 5.74) is 1.05. The van der Waals surface area contributed by atoms with Crippen LogP contribution in [0.4, 0.5) is 0 Å². The summed E-state index contributed by atoms with van der Waals surface area (Å²) < 4.78 is 0. The van der Waals surface area contributed by atoms with Crippen molar-refractivity contribution in [3.05, 3.63) is 16.1 Å². The Bertz CT molecular complexity index is 595. The van der Waals surface area contributed by atoms with E-state index in [1.54, 1.807) is 11.3 Å². The monoisotopic (exact) mass is 349 g/mol. The first kappa shape index (κ1) is 17.4. The second-order valence-electron chi connectivity index (χ2n) is 7.27. The van der Waals surface area contributed by atoms with Gasteiger partial charge in [-0.3, -0.25) is 9.59 Å². The van der Waals surface area contributed by atoms with Gasteiger partial charge in [-0.1, -0.05) is 13.8 Å². The summed E-state index contributed by atoms with van der Waals surface area (Å²) in [5, 5.41) is 6.18. The normalized spacial score (nSPS) is 21.1. The Morgan fingerprint density at radius 1 is 1.38 bits per heavy atom. The van der Waals surface area contributed by atoms with Gasteiger partial charge < -0.3 is 10.2 Å². The highest BCUT2D eigenvalue weighted by atomic mass is 32.1. The minimum absolute atomic E-state index is 0.0215. The summed E-state index contributed by atoms with van der Waals surface area (Å²) in [6.45, 7) is 6.16. The Morgan fingerprint density at radius 3 is 2.88 bits per heavy atom. The molecule has 1 atom stereocenters. The van der Waals surface area contributed by atoms with Gasteiger partial charge in [0.25, 0.3) is 0 Å². The summed E-state index contributed by atoms with van der Waals surface area (Å²) in [4.78, 5) is 30.7. The molecule has 1 aliphatic carbocycles. The molecule has 2 amide bonds. The molecule has 2 heterocycles. The average Bonchev–Trinajstić information content (AvgIpc) is 3.33. The molecule has 24 heavy (non-hydrogen) atoms. The zero-order valence-electron chi connectivity index (χ0n) is 14.6. The van der Waals surface area contributed by atoms with Crippen molar-refractivity contribution in [3.8, 4) is 0 Å². The van der Waals surface area contributed by atoms with E-state index in [2.05, 4.69) is 15.6 Å². The van der Waals surface area contributed by atoms with Crippen molar-refractivity contribution in [2.75, 3.05) is 19.6 Å². The standard InChI is InChI=1S/C18H27N3O2S/c1-12(2)16(22)19-8-7-15-11-24-17(20-15)14-4-3-9-21(10-14)18(23)13-5-6-13/h11-14H,3-10H2,1-2H3,(H,19,22)/t14-/m0/s1. The predicted octanol–water partition coefficient (Wildman–Crippen LogP) is 2.57. The number of carbonyl (C=O) groups excluding carboxylic acids is 2. The lowest BCUT2D eigenvalue weighted by Crippen LogP contribution is -2.39. The molecule has 1 saturated heterocycles. The van der Waals surface area contributed by atoms with Crippen LogP contribution in [0.3, 0.4) is 0 Å². The van der Waals surface area contributed by atoms with Gasteiger partial charge >= 0.3 is 0 Å². The third-order valence-corrected chi connectivity index (χ3v) is 5.84. The van der Waals surface area contributed by atoms with Crippen molar-refractivity contribution >= 4 is 23.2 Å². The van der Waals surface area contributed by atoms with Gasteiger partial charge in [-0.25, -0.2) is 4.98 Å². The quantitative estimate of drug-likeness (QED) is 0.858. The molecule has 1 aliphatic heterocycles. The first-order chi connectivity index (χ1) is 11.5. The van der Waals surface area contributed by atoms with Crippen LogP contribution < -0.4 is 5.32 Å². The molecule has 0 radical (unpaired) electrons. The molecule has 3 rings (SSSR count). The number of aromatic nitrogens is 1. The molecule has 0 spiro atoms. The summed E-state index contributed by atoms with van der Waals surface area (Å²) >= 11 is 1.70. The zero-order chi connectivity index (χ0) is 17.1. The molecule has 2 fully saturated rings. The van der Waals surface area contributed by atoms with E-state index in [0.29, 0.717) is 24.3 Å². The van der Waals surface area contributed by atoms with Crippen LogP contribution in [-0.4, -0.2) is 41.3 Å². The summed E-state index contributed by atoms with van der Waals surface area (Å²) in [6, 6.07) is 0. The van der Waals surface area contributed by atoms with Crippen LogP contribution in [0.25, 0.3) is 0 Å². The van der Waals surface area contributed by atoms with E-state index < -0.39 is 0 Å². The minimum atomic E-state index is 0.0215. The second-order valence-corrected chi connectivity index (χ2v) is 8.16. The van der Waals surface area contributed by atoms with Crippen molar-refractivity contribution < 1.29 is 9.59 Å². The molecular weight excluding hydrogens is 322 g/mol. The van der Waals surface area contributed by atoms with Gasteiger partial charge in [0.2, 0.25) is 11.8 Å². The van der Waals surface area contributed by atoms with Gasteiger partial charge in [-0.2, -0.15) is 0 Å². The minimum Gasteiger partial charge on any atom is -0.355 e. The fourth-order valence-electron chi connectivity index (χ4n) is 3.11. The third kappa shape index (κ3) is 4.35. The molecule has 0 aromatic carbocycles. The number of carbonyl (C=O) groups is 2. The number of piperidine rings is 1. The van der Waals surface area contributed by atoms with E-state index in [4.69, 9.17) is 4.98 Å². The zero-order valence-corrected chi connectivity index (χ0v) is 15.4. The highest BCUT2D eigenvalue weighted by Crippen LogP contribution is 2.35. The van der Waals surface area contributed by atoms with Crippen molar-refractivity contribution in [2.45, 2.75) is 51.9 Å². The molecular formula is C18H27N3O2S. The van der Waals surface area contributed by atoms with Crippen LogP contribution in [0, 0.1) is 11.8 Å². The third-order valence-electron chi connectivity index (χ3n) is 4.78. The Balaban J connectivity index is 1.51. The van der Waals surface area contributed by atoms with E-state index in [0.717, 1.165) is 55.9 Å². The van der Waals surface area contributed by atoms with Crippen molar-refractivity contribution in [1.82, 2.24) is 15.2 Å². The van der Waals surface area contributed by atoms with Gasteiger partial charge in [-0.15, -0.1) is 11.3 Å². The summed E-state index contributed by atoms with van der Waals surface area (Å²) in [5.74, 6) is 1.15. The van der Waals surface area contributed by atoms with Crippen LogP contribution in [0.2, 0.25) is 0 Å². The Labute approximate surface area is 147 Å². The first-order valence-corrected chi connectivity index (χ1v) is 9.93. The van der Waals surface area contributed by atoms with Crippen LogP contribution in [0.1, 0.15) is 56.2 Å². The molecule has 0 unspecified atom stereocenters. The van der Waals surface area contributed by atoms with E-state index in [-0.39, 0.29) is 11.8 Å². The fraction of sp³-hybridized carbons (Fsp3) is 0.722. The molecule has 5 nitrogen and oxygen atoms in total. The second kappa shape index (κ2) is 7.64. The molecule has 1 N–H and O–H groups in total. The number of rotatable bonds is 6. The lowest BCUT2D eigenvalue weighted by atomic mass is 9.98. The van der Waals surface area contributed by atoms with E-state index >= 15 is 0 Å². The molecule has 132 valence electrons. The average molecular weight is 350 g/mol. The maximum atomic E-state index is 12.3. The van der Waals surface area contributed by atoms with Crippen LogP contribution in [0.15, 0.2) is 5.38 Å². The number of likely N-dealkylation sites (tertiary alicyclic amines) is 1. The lowest BCUT2D eigenvalue weighted by molar-refractivity contribution is -0.133. The maximum Gasteiger partial charge on any atom is 0.225 e. The molecule has 1 aromatic heterocycles. The molecule has 2 aliphatic rings. The Kier molecular flexibility index (Phi) is 5.54. The predicted molar refractivity (Wildman–Crippen MR) is 94.9 cm³/mol. The van der Waals surface area contributed by atoms with Crippen molar-refractivity contribution in [3.63, 3.8) is 0 Å². The van der Waals surface area contributed by atoms with Gasteiger partial charge in [0.05, 0.1) is 10.7 Å². The van der Waals surface area contributed by atoms with E-state index in [1.807, 2.05) is 13.8 Å². The van der Waals surface area contributed by atoms with E-state index in [1.165, 1.54) is 0 Å². The number of hydrogen-bond acceptors (Lipinski definition) is 4. The molecule has 6 heteroatoms. The van der Waals surface area contributed by atoms with Crippen molar-refractivity contribution in [1.29, 1.82) is 0 Å². The molecule has 0 bridgehead atoms. The van der Waals surface area contributed by atoms with E-state index in [9.17, 15) is 9.59 Å². The van der Waals surface area contributed by atoms with Gasteiger partial charge in [0.15, 0.2) is 0 Å². The number of hydrogen-bond donors (Lipinski definition) is 1. The topological polar surface area (TPSA) is 62.3 Å². The lowest BCUT2D eigenvalue weighted by Gasteiger charge is -2.32. The highest BCUT2D eigenvalue weighted by Gasteiger charge is 2.36. The van der Waals surface area contributed by atoms with Gasteiger partial charge in [0, 0.05) is 49.2 Å². The SMILES string of the molecule is CC(C)C(=O)NCCc1csc([C@H]2CCCN(C(=O)C3CC3)C2)n1. The first-order valence-electron chi connectivity index (χ1n) is 9.05. The van der Waals surface area contributed by atoms with Crippen LogP contribution in [0.5, 0.6) is 0 Å². The van der Waals surface area contributed by atoms with Crippen LogP contribution >= 0.6 is 11.3 Å². The number of thiazole rings is 1. The maximum absolute atomic E-state index is 12.3. The Morgan fingerprint density at radius 2 is 2.17 bits per heavy atom. The highest BCUT2D eigenvalue weighted by molar-refractivity contribution is 7.09. The van der Waals surface area contributed by atoms with Crippen molar-refractivity contribution in [2.24, 2.45) is 11.8 Å². The summed E-state index contributed by atoms with van der Waals surface area (Å²) in [7, 11) is 0. The van der Waals surface area contributed by atoms with Crippen LogP contribution in [-0.2, 0) is 16.0 Å². The Hall–Kier alpha value is -1.43. The number of nitrogens with one attached hydrogen (secondary N) is 1. The number of amides is 2. The molecule has 1 saturated carbocycles. The largest absolute Gasteiger partial charge is 0.355 e. The number of nitrogens with zero attached hydrogens (tertiary/aromatic N) is 2. The summed E-state index contributed by atoms with van der Waals surface area (Å²) in [6.07, 6.45) is 5.10. The molecule has 1 aromatic rings.